The summed E-state index contributed by atoms with van der Waals surface area (Å²) in [7, 11) is 0. The Kier molecular flexibility index (Phi) is 5.56. The van der Waals surface area contributed by atoms with E-state index in [1.54, 1.807) is 12.1 Å². The highest BCUT2D eigenvalue weighted by atomic mass is 19.1. The molecular weight excluding hydrogens is 349 g/mol. The minimum absolute atomic E-state index is 0.176. The maximum atomic E-state index is 13.4. The zero-order valence-electron chi connectivity index (χ0n) is 16.2. The van der Waals surface area contributed by atoms with Gasteiger partial charge in [0.15, 0.2) is 0 Å². The molecule has 1 aliphatic heterocycles. The molecule has 3 heteroatoms. The molecule has 0 amide bonds. The highest BCUT2D eigenvalue weighted by Gasteiger charge is 2.33. The fourth-order valence-electron chi connectivity index (χ4n) is 4.07. The largest absolute Gasteiger partial charge is 0.381 e. The molecule has 28 heavy (non-hydrogen) atoms. The highest BCUT2D eigenvalue weighted by molar-refractivity contribution is 5.67. The Balaban J connectivity index is 1.57. The predicted molar refractivity (Wildman–Crippen MR) is 112 cm³/mol. The number of rotatable bonds is 5. The van der Waals surface area contributed by atoms with Crippen LogP contribution in [-0.2, 0) is 16.8 Å². The van der Waals surface area contributed by atoms with Gasteiger partial charge < -0.3 is 10.1 Å². The minimum Gasteiger partial charge on any atom is -0.381 e. The van der Waals surface area contributed by atoms with Gasteiger partial charge in [-0.05, 0) is 65.8 Å². The maximum Gasteiger partial charge on any atom is 0.123 e. The normalized spacial score (nSPS) is 16.1. The van der Waals surface area contributed by atoms with Gasteiger partial charge in [0.25, 0.3) is 0 Å². The summed E-state index contributed by atoms with van der Waals surface area (Å²) in [6.45, 7) is 4.34. The first kappa shape index (κ1) is 18.9. The highest BCUT2D eigenvalue weighted by Crippen LogP contribution is 2.33. The van der Waals surface area contributed by atoms with Gasteiger partial charge in [0.05, 0.1) is 0 Å². The molecule has 0 radical (unpaired) electrons. The van der Waals surface area contributed by atoms with Crippen LogP contribution in [0.5, 0.6) is 0 Å². The Labute approximate surface area is 166 Å². The number of hydrogen-bond donors (Lipinski definition) is 1. The molecule has 0 aromatic heterocycles. The average Bonchev–Trinajstić information content (AvgIpc) is 2.74. The molecule has 0 spiro atoms. The van der Waals surface area contributed by atoms with Gasteiger partial charge >= 0.3 is 0 Å². The molecule has 2 nitrogen and oxygen atoms in total. The molecule has 3 aromatic carbocycles. The van der Waals surface area contributed by atoms with Crippen molar-refractivity contribution in [1.82, 2.24) is 5.32 Å². The summed E-state index contributed by atoms with van der Waals surface area (Å²) >= 11 is 0. The lowest BCUT2D eigenvalue weighted by atomic mass is 9.82. The first-order chi connectivity index (χ1) is 13.7. The van der Waals surface area contributed by atoms with E-state index in [-0.39, 0.29) is 11.4 Å². The topological polar surface area (TPSA) is 21.3 Å². The number of benzene rings is 3. The third kappa shape index (κ3) is 4.01. The van der Waals surface area contributed by atoms with Crippen LogP contribution in [-0.4, -0.2) is 13.2 Å². The van der Waals surface area contributed by atoms with E-state index in [0.717, 1.165) is 24.9 Å². The van der Waals surface area contributed by atoms with Gasteiger partial charge in [-0.3, -0.25) is 0 Å². The summed E-state index contributed by atoms with van der Waals surface area (Å²) in [6.07, 6.45) is 1.77. The number of hydrogen-bond acceptors (Lipinski definition) is 2. The molecule has 0 saturated carbocycles. The number of ether oxygens (including phenoxy) is 1. The lowest BCUT2D eigenvalue weighted by molar-refractivity contribution is 0.0357. The second kappa shape index (κ2) is 8.26. The SMILES string of the molecule is Cc1ccccc1-c1cccc(CNC2(c3ccc(F)cc3)CCOCC2)c1. The molecule has 0 bridgehead atoms. The van der Waals surface area contributed by atoms with E-state index >= 15 is 0 Å². The Bertz CT molecular complexity index is 929. The van der Waals surface area contributed by atoms with Crippen LogP contribution in [0.2, 0.25) is 0 Å². The van der Waals surface area contributed by atoms with Crippen molar-refractivity contribution in [3.05, 3.63) is 95.3 Å². The van der Waals surface area contributed by atoms with E-state index < -0.39 is 0 Å². The lowest BCUT2D eigenvalue weighted by Crippen LogP contribution is -2.46. The quantitative estimate of drug-likeness (QED) is 0.627. The van der Waals surface area contributed by atoms with Crippen molar-refractivity contribution in [3.63, 3.8) is 0 Å². The van der Waals surface area contributed by atoms with Crippen LogP contribution in [0.25, 0.3) is 11.1 Å². The summed E-state index contributed by atoms with van der Waals surface area (Å²) in [5.41, 5.74) is 5.98. The van der Waals surface area contributed by atoms with E-state index in [9.17, 15) is 4.39 Å². The van der Waals surface area contributed by atoms with Crippen molar-refractivity contribution in [2.75, 3.05) is 13.2 Å². The lowest BCUT2D eigenvalue weighted by Gasteiger charge is -2.39. The Hall–Kier alpha value is -2.49. The van der Waals surface area contributed by atoms with Crippen LogP contribution >= 0.6 is 0 Å². The van der Waals surface area contributed by atoms with Crippen molar-refractivity contribution in [1.29, 1.82) is 0 Å². The summed E-state index contributed by atoms with van der Waals surface area (Å²) < 4.78 is 19.0. The van der Waals surface area contributed by atoms with Crippen molar-refractivity contribution in [2.45, 2.75) is 31.8 Å². The number of aryl methyl sites for hydroxylation is 1. The third-order valence-electron chi connectivity index (χ3n) is 5.76. The average molecular weight is 375 g/mol. The zero-order chi connectivity index (χ0) is 19.4. The Morgan fingerprint density at radius 2 is 1.68 bits per heavy atom. The molecule has 1 aliphatic rings. The van der Waals surface area contributed by atoms with E-state index in [4.69, 9.17) is 4.74 Å². The van der Waals surface area contributed by atoms with Crippen LogP contribution in [0, 0.1) is 12.7 Å². The van der Waals surface area contributed by atoms with Crippen LogP contribution in [0.15, 0.2) is 72.8 Å². The molecule has 4 rings (SSSR count). The van der Waals surface area contributed by atoms with Gasteiger partial charge in [-0.2, -0.15) is 0 Å². The van der Waals surface area contributed by atoms with Crippen LogP contribution < -0.4 is 5.32 Å². The summed E-state index contributed by atoms with van der Waals surface area (Å²) in [6, 6.07) is 24.1. The summed E-state index contributed by atoms with van der Waals surface area (Å²) in [5, 5.41) is 3.78. The zero-order valence-corrected chi connectivity index (χ0v) is 16.2. The van der Waals surface area contributed by atoms with Crippen LogP contribution in [0.3, 0.4) is 0 Å². The Morgan fingerprint density at radius 1 is 0.929 bits per heavy atom. The third-order valence-corrected chi connectivity index (χ3v) is 5.76. The van der Waals surface area contributed by atoms with Gasteiger partial charge in [-0.1, -0.05) is 54.6 Å². The molecule has 1 N–H and O–H groups in total. The first-order valence-electron chi connectivity index (χ1n) is 9.90. The standard InChI is InChI=1S/C25H26FNO/c1-19-5-2-3-8-24(19)21-7-4-6-20(17-21)18-27-25(13-15-28-16-14-25)22-9-11-23(26)12-10-22/h2-12,17,27H,13-16,18H2,1H3. The number of nitrogens with one attached hydrogen (secondary N) is 1. The molecule has 1 heterocycles. The second-order valence-electron chi connectivity index (χ2n) is 7.57. The van der Waals surface area contributed by atoms with Gasteiger partial charge in [-0.25, -0.2) is 4.39 Å². The smallest absolute Gasteiger partial charge is 0.123 e. The predicted octanol–water partition coefficient (Wildman–Crippen LogP) is 5.60. The maximum absolute atomic E-state index is 13.4. The van der Waals surface area contributed by atoms with Crippen LogP contribution in [0.1, 0.15) is 29.5 Å². The van der Waals surface area contributed by atoms with Crippen LogP contribution in [0.4, 0.5) is 4.39 Å². The first-order valence-corrected chi connectivity index (χ1v) is 9.90. The fourth-order valence-corrected chi connectivity index (χ4v) is 4.07. The molecule has 0 atom stereocenters. The van der Waals surface area contributed by atoms with Crippen molar-refractivity contribution < 1.29 is 9.13 Å². The summed E-state index contributed by atoms with van der Waals surface area (Å²) in [4.78, 5) is 0. The van der Waals surface area contributed by atoms with Gasteiger partial charge in [0.1, 0.15) is 5.82 Å². The molecule has 0 aliphatic carbocycles. The Morgan fingerprint density at radius 3 is 2.43 bits per heavy atom. The van der Waals surface area contributed by atoms with E-state index in [2.05, 4.69) is 60.8 Å². The van der Waals surface area contributed by atoms with Gasteiger partial charge in [-0.15, -0.1) is 0 Å². The minimum atomic E-state index is -0.197. The molecule has 1 saturated heterocycles. The van der Waals surface area contributed by atoms with Gasteiger partial charge in [0.2, 0.25) is 0 Å². The fraction of sp³-hybridized carbons (Fsp3) is 0.280. The monoisotopic (exact) mass is 375 g/mol. The number of halogens is 1. The van der Waals surface area contributed by atoms with Crippen molar-refractivity contribution in [2.24, 2.45) is 0 Å². The molecule has 1 fully saturated rings. The van der Waals surface area contributed by atoms with Gasteiger partial charge in [0, 0.05) is 25.3 Å². The van der Waals surface area contributed by atoms with E-state index in [1.807, 2.05) is 12.1 Å². The van der Waals surface area contributed by atoms with Crippen molar-refractivity contribution in [3.8, 4) is 11.1 Å². The molecule has 0 unspecified atom stereocenters. The molecule has 3 aromatic rings. The summed E-state index contributed by atoms with van der Waals surface area (Å²) in [5.74, 6) is -0.197. The molecule has 144 valence electrons. The molecular formula is C25H26FNO. The van der Waals surface area contributed by atoms with E-state index in [0.29, 0.717) is 13.2 Å². The van der Waals surface area contributed by atoms with E-state index in [1.165, 1.54) is 22.3 Å². The second-order valence-corrected chi connectivity index (χ2v) is 7.57. The van der Waals surface area contributed by atoms with Crippen molar-refractivity contribution >= 4 is 0 Å².